The van der Waals surface area contributed by atoms with Crippen LogP contribution in [0.25, 0.3) is 0 Å². The molecule has 21 heavy (non-hydrogen) atoms. The number of nitrogens with zero attached hydrogens (tertiary/aromatic N) is 1. The molecule has 0 saturated carbocycles. The Bertz CT molecular complexity index is 509. The molecule has 114 valence electrons. The Kier molecular flexibility index (Phi) is 5.97. The molecule has 1 aromatic carbocycles. The molecule has 0 saturated heterocycles. The van der Waals surface area contributed by atoms with Gasteiger partial charge in [-0.2, -0.15) is 0 Å². The van der Waals surface area contributed by atoms with Crippen molar-refractivity contribution >= 4 is 11.3 Å². The van der Waals surface area contributed by atoms with E-state index >= 15 is 0 Å². The molecule has 1 heterocycles. The molecule has 1 atom stereocenters. The lowest BCUT2D eigenvalue weighted by molar-refractivity contribution is 0.245. The van der Waals surface area contributed by atoms with Crippen molar-refractivity contribution in [2.75, 3.05) is 26.7 Å². The fourth-order valence-corrected chi connectivity index (χ4v) is 3.59. The summed E-state index contributed by atoms with van der Waals surface area (Å²) >= 11 is 1.83. The van der Waals surface area contributed by atoms with E-state index in [0.29, 0.717) is 0 Å². The highest BCUT2D eigenvalue weighted by molar-refractivity contribution is 7.09. The van der Waals surface area contributed by atoms with Crippen LogP contribution < -0.4 is 5.32 Å². The van der Waals surface area contributed by atoms with Gasteiger partial charge in [-0.05, 0) is 30.6 Å². The molecule has 1 aromatic heterocycles. The van der Waals surface area contributed by atoms with Crippen molar-refractivity contribution in [3.05, 3.63) is 58.3 Å². The number of rotatable bonds is 8. The zero-order valence-corrected chi connectivity index (χ0v) is 14.1. The van der Waals surface area contributed by atoms with Crippen LogP contribution in [0.1, 0.15) is 24.3 Å². The average molecular weight is 302 g/mol. The standard InChI is InChI=1S/C18H26N2S/c1-4-19-14-18(2,16-9-6-5-7-10-16)15-20(3)13-17-11-8-12-21-17/h5-12,19H,4,13-15H2,1-3H3. The van der Waals surface area contributed by atoms with Gasteiger partial charge in [0.15, 0.2) is 0 Å². The van der Waals surface area contributed by atoms with E-state index in [1.54, 1.807) is 0 Å². The summed E-state index contributed by atoms with van der Waals surface area (Å²) in [6, 6.07) is 15.2. The normalized spacial score (nSPS) is 14.3. The van der Waals surface area contributed by atoms with Gasteiger partial charge in [0.2, 0.25) is 0 Å². The van der Waals surface area contributed by atoms with Crippen molar-refractivity contribution in [1.29, 1.82) is 0 Å². The summed E-state index contributed by atoms with van der Waals surface area (Å²) in [5, 5.41) is 5.68. The van der Waals surface area contributed by atoms with Gasteiger partial charge in [0.1, 0.15) is 0 Å². The monoisotopic (exact) mass is 302 g/mol. The minimum Gasteiger partial charge on any atom is -0.316 e. The van der Waals surface area contributed by atoms with E-state index < -0.39 is 0 Å². The van der Waals surface area contributed by atoms with Crippen molar-refractivity contribution in [2.45, 2.75) is 25.8 Å². The third-order valence-electron chi connectivity index (χ3n) is 3.86. The van der Waals surface area contributed by atoms with Crippen LogP contribution in [0.2, 0.25) is 0 Å². The van der Waals surface area contributed by atoms with Crippen LogP contribution in [0.15, 0.2) is 47.8 Å². The molecule has 2 aromatic rings. The summed E-state index contributed by atoms with van der Waals surface area (Å²) in [6.07, 6.45) is 0. The van der Waals surface area contributed by atoms with Crippen molar-refractivity contribution in [3.8, 4) is 0 Å². The van der Waals surface area contributed by atoms with E-state index in [9.17, 15) is 0 Å². The molecular weight excluding hydrogens is 276 g/mol. The molecular formula is C18H26N2S. The number of benzene rings is 1. The molecule has 0 radical (unpaired) electrons. The van der Waals surface area contributed by atoms with Gasteiger partial charge in [-0.25, -0.2) is 0 Å². The van der Waals surface area contributed by atoms with Crippen LogP contribution in [0.3, 0.4) is 0 Å². The Morgan fingerprint density at radius 3 is 2.52 bits per heavy atom. The Labute approximate surface area is 132 Å². The molecule has 0 amide bonds. The SMILES string of the molecule is CCNCC(C)(CN(C)Cc1cccs1)c1ccccc1. The van der Waals surface area contributed by atoms with Crippen LogP contribution in [0, 0.1) is 0 Å². The van der Waals surface area contributed by atoms with Gasteiger partial charge >= 0.3 is 0 Å². The molecule has 0 aliphatic heterocycles. The van der Waals surface area contributed by atoms with Crippen LogP contribution in [-0.4, -0.2) is 31.6 Å². The predicted octanol–water partition coefficient (Wildman–Crippen LogP) is 3.75. The van der Waals surface area contributed by atoms with Gasteiger partial charge in [0.25, 0.3) is 0 Å². The molecule has 0 fully saturated rings. The minimum absolute atomic E-state index is 0.128. The topological polar surface area (TPSA) is 15.3 Å². The fourth-order valence-electron chi connectivity index (χ4n) is 2.81. The Hall–Kier alpha value is -1.16. The molecule has 1 unspecified atom stereocenters. The summed E-state index contributed by atoms with van der Waals surface area (Å²) in [6.45, 7) is 8.60. The van der Waals surface area contributed by atoms with E-state index in [1.807, 2.05) is 11.3 Å². The number of thiophene rings is 1. The third-order valence-corrected chi connectivity index (χ3v) is 4.72. The van der Waals surface area contributed by atoms with Gasteiger partial charge in [0.05, 0.1) is 0 Å². The third kappa shape index (κ3) is 4.67. The molecule has 0 aliphatic carbocycles. The summed E-state index contributed by atoms with van der Waals surface area (Å²) in [4.78, 5) is 3.85. The molecule has 1 N–H and O–H groups in total. The average Bonchev–Trinajstić information content (AvgIpc) is 2.99. The lowest BCUT2D eigenvalue weighted by Crippen LogP contribution is -2.44. The highest BCUT2D eigenvalue weighted by Crippen LogP contribution is 2.25. The highest BCUT2D eigenvalue weighted by Gasteiger charge is 2.27. The van der Waals surface area contributed by atoms with E-state index in [0.717, 1.165) is 26.2 Å². The first kappa shape index (κ1) is 16.2. The largest absolute Gasteiger partial charge is 0.316 e. The van der Waals surface area contributed by atoms with Gasteiger partial charge in [-0.15, -0.1) is 11.3 Å². The smallest absolute Gasteiger partial charge is 0.0325 e. The summed E-state index contributed by atoms with van der Waals surface area (Å²) < 4.78 is 0. The minimum atomic E-state index is 0.128. The lowest BCUT2D eigenvalue weighted by atomic mass is 9.81. The molecule has 0 aliphatic rings. The second-order valence-electron chi connectivity index (χ2n) is 5.96. The Morgan fingerprint density at radius 2 is 1.90 bits per heavy atom. The molecule has 0 bridgehead atoms. The maximum atomic E-state index is 3.53. The molecule has 2 nitrogen and oxygen atoms in total. The zero-order chi connectivity index (χ0) is 15.1. The molecule has 3 heteroatoms. The van der Waals surface area contributed by atoms with Gasteiger partial charge in [0, 0.05) is 29.9 Å². The zero-order valence-electron chi connectivity index (χ0n) is 13.3. The van der Waals surface area contributed by atoms with Crippen molar-refractivity contribution in [2.24, 2.45) is 0 Å². The van der Waals surface area contributed by atoms with E-state index in [4.69, 9.17) is 0 Å². The van der Waals surface area contributed by atoms with Gasteiger partial charge in [-0.1, -0.05) is 50.2 Å². The number of hydrogen-bond donors (Lipinski definition) is 1. The van der Waals surface area contributed by atoms with Gasteiger partial charge < -0.3 is 10.2 Å². The number of likely N-dealkylation sites (N-methyl/N-ethyl adjacent to an activating group) is 2. The first-order valence-electron chi connectivity index (χ1n) is 7.61. The first-order valence-corrected chi connectivity index (χ1v) is 8.49. The van der Waals surface area contributed by atoms with Crippen molar-refractivity contribution in [1.82, 2.24) is 10.2 Å². The highest BCUT2D eigenvalue weighted by atomic mass is 32.1. The Balaban J connectivity index is 2.08. The van der Waals surface area contributed by atoms with E-state index in [-0.39, 0.29) is 5.41 Å². The summed E-state index contributed by atoms with van der Waals surface area (Å²) in [7, 11) is 2.22. The second-order valence-corrected chi connectivity index (χ2v) is 6.99. The Morgan fingerprint density at radius 1 is 1.14 bits per heavy atom. The van der Waals surface area contributed by atoms with E-state index in [2.05, 4.69) is 79.0 Å². The van der Waals surface area contributed by atoms with Crippen LogP contribution in [0.4, 0.5) is 0 Å². The lowest BCUT2D eigenvalue weighted by Gasteiger charge is -2.34. The van der Waals surface area contributed by atoms with Crippen LogP contribution in [-0.2, 0) is 12.0 Å². The quantitative estimate of drug-likeness (QED) is 0.799. The van der Waals surface area contributed by atoms with Gasteiger partial charge in [-0.3, -0.25) is 0 Å². The number of hydrogen-bond acceptors (Lipinski definition) is 3. The maximum Gasteiger partial charge on any atom is 0.0325 e. The fraction of sp³-hybridized carbons (Fsp3) is 0.444. The summed E-state index contributed by atoms with van der Waals surface area (Å²) in [5.41, 5.74) is 1.53. The van der Waals surface area contributed by atoms with Crippen LogP contribution in [0.5, 0.6) is 0 Å². The van der Waals surface area contributed by atoms with Crippen LogP contribution >= 0.6 is 11.3 Å². The molecule has 0 spiro atoms. The number of nitrogens with one attached hydrogen (secondary N) is 1. The summed E-state index contributed by atoms with van der Waals surface area (Å²) in [5.74, 6) is 0. The second kappa shape index (κ2) is 7.74. The first-order chi connectivity index (χ1) is 10.1. The van der Waals surface area contributed by atoms with E-state index in [1.165, 1.54) is 10.4 Å². The molecule has 2 rings (SSSR count). The predicted molar refractivity (Wildman–Crippen MR) is 93.0 cm³/mol. The van der Waals surface area contributed by atoms with Crippen molar-refractivity contribution < 1.29 is 0 Å². The maximum absolute atomic E-state index is 3.53. The van der Waals surface area contributed by atoms with Crippen molar-refractivity contribution in [3.63, 3.8) is 0 Å².